The molecule has 0 saturated heterocycles. The lowest BCUT2D eigenvalue weighted by Gasteiger charge is -2.27. The van der Waals surface area contributed by atoms with Crippen LogP contribution in [0.3, 0.4) is 0 Å². The van der Waals surface area contributed by atoms with E-state index in [0.29, 0.717) is 46.9 Å². The summed E-state index contributed by atoms with van der Waals surface area (Å²) in [6.45, 7) is 1.89. The number of carbonyl (C=O) groups excluding carboxylic acids is 1. The first kappa shape index (κ1) is 24.2. The second-order valence-electron chi connectivity index (χ2n) is 8.45. The van der Waals surface area contributed by atoms with E-state index in [0.717, 1.165) is 12.8 Å². The number of hydrogen-bond donors (Lipinski definition) is 2. The number of halogens is 1. The Morgan fingerprint density at radius 3 is 2.71 bits per heavy atom. The lowest BCUT2D eigenvalue weighted by Crippen LogP contribution is -2.29. The number of alkyl carbamates (subject to hydrolysis) is 1. The fourth-order valence-electron chi connectivity index (χ4n) is 3.99. The number of rotatable bonds is 8. The molecule has 0 unspecified atom stereocenters. The SMILES string of the molecule is Cc1noc(-c2ccc(O[C@H]3CCC[C@H](C(=O)O)C3)cn2)c1CNC(=O)OCc1ccc(F)cc1. The van der Waals surface area contributed by atoms with Gasteiger partial charge in [-0.05, 0) is 62.4 Å². The molecule has 2 atom stereocenters. The third-order valence-corrected chi connectivity index (χ3v) is 5.92. The number of nitrogens with one attached hydrogen (secondary N) is 1. The van der Waals surface area contributed by atoms with Gasteiger partial charge in [-0.25, -0.2) is 14.2 Å². The number of hydrogen-bond acceptors (Lipinski definition) is 7. The number of amides is 1. The van der Waals surface area contributed by atoms with Crippen molar-refractivity contribution < 1.29 is 33.1 Å². The van der Waals surface area contributed by atoms with Gasteiger partial charge in [0.25, 0.3) is 0 Å². The lowest BCUT2D eigenvalue weighted by molar-refractivity contribution is -0.143. The molecule has 2 N–H and O–H groups in total. The zero-order valence-electron chi connectivity index (χ0n) is 19.2. The van der Waals surface area contributed by atoms with Gasteiger partial charge in [-0.1, -0.05) is 17.3 Å². The Morgan fingerprint density at radius 2 is 2.00 bits per heavy atom. The lowest BCUT2D eigenvalue weighted by atomic mass is 9.87. The van der Waals surface area contributed by atoms with Crippen molar-refractivity contribution in [1.82, 2.24) is 15.5 Å². The molecule has 35 heavy (non-hydrogen) atoms. The number of ether oxygens (including phenoxy) is 2. The van der Waals surface area contributed by atoms with E-state index in [1.165, 1.54) is 12.1 Å². The van der Waals surface area contributed by atoms with Crippen molar-refractivity contribution in [2.75, 3.05) is 0 Å². The highest BCUT2D eigenvalue weighted by molar-refractivity contribution is 5.70. The zero-order chi connectivity index (χ0) is 24.8. The van der Waals surface area contributed by atoms with Crippen LogP contribution in [0.2, 0.25) is 0 Å². The van der Waals surface area contributed by atoms with E-state index in [-0.39, 0.29) is 31.0 Å². The molecule has 1 fully saturated rings. The molecule has 10 heteroatoms. The van der Waals surface area contributed by atoms with Crippen LogP contribution in [0.15, 0.2) is 47.1 Å². The highest BCUT2D eigenvalue weighted by Gasteiger charge is 2.28. The van der Waals surface area contributed by atoms with E-state index in [1.54, 1.807) is 37.4 Å². The second-order valence-corrected chi connectivity index (χ2v) is 8.45. The molecule has 1 saturated carbocycles. The first-order valence-corrected chi connectivity index (χ1v) is 11.3. The van der Waals surface area contributed by atoms with Gasteiger partial charge in [0.2, 0.25) is 0 Å². The third-order valence-electron chi connectivity index (χ3n) is 5.92. The number of aromatic nitrogens is 2. The number of carboxylic acid groups (broad SMARTS) is 1. The Bertz CT molecular complexity index is 1160. The summed E-state index contributed by atoms with van der Waals surface area (Å²) in [6.07, 6.45) is 3.54. The van der Waals surface area contributed by atoms with Gasteiger partial charge in [-0.2, -0.15) is 0 Å². The molecule has 0 bridgehead atoms. The minimum absolute atomic E-state index is 0.0127. The van der Waals surface area contributed by atoms with Crippen LogP contribution in [0, 0.1) is 18.7 Å². The Hall–Kier alpha value is -3.95. The summed E-state index contributed by atoms with van der Waals surface area (Å²) >= 11 is 0. The van der Waals surface area contributed by atoms with Gasteiger partial charge in [0, 0.05) is 5.56 Å². The fraction of sp³-hybridized carbons (Fsp3) is 0.360. The molecule has 2 heterocycles. The minimum Gasteiger partial charge on any atom is -0.489 e. The Kier molecular flexibility index (Phi) is 7.59. The van der Waals surface area contributed by atoms with E-state index < -0.39 is 12.1 Å². The number of aliphatic carboxylic acids is 1. The molecule has 1 amide bonds. The smallest absolute Gasteiger partial charge is 0.407 e. The highest BCUT2D eigenvalue weighted by atomic mass is 19.1. The summed E-state index contributed by atoms with van der Waals surface area (Å²) in [5, 5.41) is 15.9. The van der Waals surface area contributed by atoms with E-state index in [9.17, 15) is 19.1 Å². The van der Waals surface area contributed by atoms with Crippen LogP contribution >= 0.6 is 0 Å². The van der Waals surface area contributed by atoms with Crippen molar-refractivity contribution in [2.24, 2.45) is 5.92 Å². The Labute approximate surface area is 201 Å². The highest BCUT2D eigenvalue weighted by Crippen LogP contribution is 2.29. The predicted molar refractivity (Wildman–Crippen MR) is 122 cm³/mol. The van der Waals surface area contributed by atoms with Gasteiger partial charge in [0.15, 0.2) is 5.76 Å². The first-order chi connectivity index (χ1) is 16.9. The van der Waals surface area contributed by atoms with Gasteiger partial charge in [-0.3, -0.25) is 4.79 Å². The molecule has 1 aromatic carbocycles. The average molecular weight is 483 g/mol. The number of carbonyl (C=O) groups is 2. The summed E-state index contributed by atoms with van der Waals surface area (Å²) in [6, 6.07) is 9.16. The largest absolute Gasteiger partial charge is 0.489 e. The molecule has 1 aliphatic rings. The zero-order valence-corrected chi connectivity index (χ0v) is 19.2. The van der Waals surface area contributed by atoms with E-state index in [4.69, 9.17) is 14.0 Å². The fourth-order valence-corrected chi connectivity index (χ4v) is 3.99. The topological polar surface area (TPSA) is 124 Å². The predicted octanol–water partition coefficient (Wildman–Crippen LogP) is 4.63. The second kappa shape index (κ2) is 11.0. The summed E-state index contributed by atoms with van der Waals surface area (Å²) in [4.78, 5) is 27.8. The van der Waals surface area contributed by atoms with Crippen LogP contribution in [-0.4, -0.2) is 33.4 Å². The first-order valence-electron chi connectivity index (χ1n) is 11.3. The van der Waals surface area contributed by atoms with Crippen molar-refractivity contribution in [1.29, 1.82) is 0 Å². The van der Waals surface area contributed by atoms with Crippen molar-refractivity contribution in [3.8, 4) is 17.2 Å². The Balaban J connectivity index is 1.34. The monoisotopic (exact) mass is 483 g/mol. The molecule has 0 radical (unpaired) electrons. The summed E-state index contributed by atoms with van der Waals surface area (Å²) < 4.78 is 29.5. The molecule has 184 valence electrons. The third kappa shape index (κ3) is 6.34. The number of pyridine rings is 1. The molecule has 0 aliphatic heterocycles. The van der Waals surface area contributed by atoms with Crippen molar-refractivity contribution in [3.63, 3.8) is 0 Å². The molecular formula is C25H26FN3O6. The van der Waals surface area contributed by atoms with Gasteiger partial charge in [0.05, 0.1) is 30.5 Å². The standard InChI is InChI=1S/C25H26FN3O6/c1-15-21(13-28-25(32)33-14-16-5-7-18(26)8-6-16)23(35-29-15)22-10-9-20(12-27-22)34-19-4-2-3-17(11-19)24(30)31/h5-10,12,17,19H,2-4,11,13-14H2,1H3,(H,28,32)(H,30,31)/t17-,19-/m0/s1. The van der Waals surface area contributed by atoms with Crippen LogP contribution in [0.1, 0.15) is 42.5 Å². The van der Waals surface area contributed by atoms with Crippen LogP contribution < -0.4 is 10.1 Å². The molecule has 9 nitrogen and oxygen atoms in total. The number of carboxylic acids is 1. The summed E-state index contributed by atoms with van der Waals surface area (Å²) in [5.74, 6) is -0.562. The van der Waals surface area contributed by atoms with Crippen LogP contribution in [0.5, 0.6) is 5.75 Å². The van der Waals surface area contributed by atoms with Crippen LogP contribution in [0.25, 0.3) is 11.5 Å². The van der Waals surface area contributed by atoms with Gasteiger partial charge in [0.1, 0.15) is 23.9 Å². The number of aryl methyl sites for hydroxylation is 1. The number of nitrogens with zero attached hydrogens (tertiary/aromatic N) is 2. The van der Waals surface area contributed by atoms with E-state index in [1.807, 2.05) is 0 Å². The quantitative estimate of drug-likeness (QED) is 0.475. The maximum atomic E-state index is 13.0. The van der Waals surface area contributed by atoms with Gasteiger partial charge >= 0.3 is 12.1 Å². The van der Waals surface area contributed by atoms with Crippen LogP contribution in [0.4, 0.5) is 9.18 Å². The van der Waals surface area contributed by atoms with Gasteiger partial charge < -0.3 is 24.4 Å². The van der Waals surface area contributed by atoms with E-state index >= 15 is 0 Å². The molecule has 4 rings (SSSR count). The van der Waals surface area contributed by atoms with Gasteiger partial charge in [-0.15, -0.1) is 0 Å². The normalized spacial score (nSPS) is 17.5. The average Bonchev–Trinajstić information content (AvgIpc) is 3.23. The minimum atomic E-state index is -0.784. The Morgan fingerprint density at radius 1 is 1.20 bits per heavy atom. The van der Waals surface area contributed by atoms with Crippen molar-refractivity contribution >= 4 is 12.1 Å². The molecule has 3 aromatic rings. The maximum Gasteiger partial charge on any atom is 0.407 e. The molecule has 0 spiro atoms. The molecule has 2 aromatic heterocycles. The van der Waals surface area contributed by atoms with Crippen LogP contribution in [-0.2, 0) is 22.7 Å². The molecular weight excluding hydrogens is 457 g/mol. The van der Waals surface area contributed by atoms with Crippen molar-refractivity contribution in [2.45, 2.75) is 51.9 Å². The molecule has 1 aliphatic carbocycles. The number of benzene rings is 1. The maximum absolute atomic E-state index is 13.0. The van der Waals surface area contributed by atoms with Crippen molar-refractivity contribution in [3.05, 3.63) is 65.2 Å². The van der Waals surface area contributed by atoms with E-state index in [2.05, 4.69) is 15.5 Å². The summed E-state index contributed by atoms with van der Waals surface area (Å²) in [7, 11) is 0. The summed E-state index contributed by atoms with van der Waals surface area (Å²) in [5.41, 5.74) is 2.44.